The molecule has 3 rings (SSSR count). The molecule has 5 nitrogen and oxygen atoms in total. The molecule has 0 saturated heterocycles. The Morgan fingerprint density at radius 2 is 1.60 bits per heavy atom. The Labute approximate surface area is 145 Å². The second kappa shape index (κ2) is 7.02. The van der Waals surface area contributed by atoms with Gasteiger partial charge in [0, 0.05) is 12.7 Å². The lowest BCUT2D eigenvalue weighted by Crippen LogP contribution is -2.40. The van der Waals surface area contributed by atoms with Crippen LogP contribution in [0.2, 0.25) is 0 Å². The van der Waals surface area contributed by atoms with E-state index in [4.69, 9.17) is 5.26 Å². The number of hydrogen-bond donors (Lipinski definition) is 0. The maximum Gasteiger partial charge on any atom is 0.331 e. The highest BCUT2D eigenvalue weighted by molar-refractivity contribution is 5.63. The predicted octanol–water partition coefficient (Wildman–Crippen LogP) is 2.62. The first-order valence-electron chi connectivity index (χ1n) is 8.02. The molecular weight excluding hydrogens is 314 g/mol. The summed E-state index contributed by atoms with van der Waals surface area (Å²) in [7, 11) is 0. The van der Waals surface area contributed by atoms with Gasteiger partial charge in [-0.25, -0.2) is 4.79 Å². The number of nitrogens with zero attached hydrogens (tertiary/aromatic N) is 3. The molecule has 0 bridgehead atoms. The van der Waals surface area contributed by atoms with Crippen molar-refractivity contribution in [1.29, 1.82) is 5.26 Å². The van der Waals surface area contributed by atoms with Crippen LogP contribution < -0.4 is 11.2 Å². The Kier molecular flexibility index (Phi) is 4.62. The Balaban J connectivity index is 1.97. The normalized spacial score (nSPS) is 10.4. The average molecular weight is 331 g/mol. The molecule has 0 saturated carbocycles. The van der Waals surface area contributed by atoms with Gasteiger partial charge in [-0.2, -0.15) is 5.26 Å². The molecule has 124 valence electrons. The van der Waals surface area contributed by atoms with E-state index in [2.05, 4.69) is 0 Å². The van der Waals surface area contributed by atoms with E-state index in [1.807, 2.05) is 60.7 Å². The van der Waals surface area contributed by atoms with Gasteiger partial charge in [-0.1, -0.05) is 54.6 Å². The molecule has 5 heteroatoms. The molecule has 3 aromatic rings. The SMILES string of the molecule is CCn1cc(C#N)c(=O)n(Cc2ccc(-c3ccccc3)cc2)c1=O. The van der Waals surface area contributed by atoms with Gasteiger partial charge in [0.1, 0.15) is 11.6 Å². The number of aryl methyl sites for hydroxylation is 1. The molecule has 0 fully saturated rings. The Hall–Kier alpha value is -3.39. The van der Waals surface area contributed by atoms with Gasteiger partial charge in [0.25, 0.3) is 5.56 Å². The maximum absolute atomic E-state index is 12.4. The highest BCUT2D eigenvalue weighted by Gasteiger charge is 2.11. The van der Waals surface area contributed by atoms with Crippen molar-refractivity contribution in [3.8, 4) is 17.2 Å². The molecule has 0 N–H and O–H groups in total. The summed E-state index contributed by atoms with van der Waals surface area (Å²) in [5.74, 6) is 0. The van der Waals surface area contributed by atoms with Crippen LogP contribution >= 0.6 is 0 Å². The standard InChI is InChI=1S/C20H17N3O2/c1-2-22-14-18(12-21)19(24)23(20(22)25)13-15-8-10-17(11-9-15)16-6-4-3-5-7-16/h3-11,14H,2,13H2,1H3. The van der Waals surface area contributed by atoms with Crippen LogP contribution in [-0.2, 0) is 13.1 Å². The van der Waals surface area contributed by atoms with Gasteiger partial charge in [0.05, 0.1) is 6.54 Å². The van der Waals surface area contributed by atoms with Crippen LogP contribution in [0.1, 0.15) is 18.1 Å². The smallest absolute Gasteiger partial charge is 0.299 e. The molecule has 25 heavy (non-hydrogen) atoms. The first-order valence-corrected chi connectivity index (χ1v) is 8.02. The molecule has 1 aromatic heterocycles. The summed E-state index contributed by atoms with van der Waals surface area (Å²) in [4.78, 5) is 24.7. The highest BCUT2D eigenvalue weighted by Crippen LogP contribution is 2.19. The third-order valence-corrected chi connectivity index (χ3v) is 4.10. The van der Waals surface area contributed by atoms with Gasteiger partial charge in [0.2, 0.25) is 0 Å². The van der Waals surface area contributed by atoms with E-state index in [0.717, 1.165) is 21.3 Å². The zero-order valence-corrected chi connectivity index (χ0v) is 13.8. The van der Waals surface area contributed by atoms with Gasteiger partial charge >= 0.3 is 5.69 Å². The van der Waals surface area contributed by atoms with Crippen LogP contribution in [0.4, 0.5) is 0 Å². The van der Waals surface area contributed by atoms with Crippen molar-refractivity contribution >= 4 is 0 Å². The topological polar surface area (TPSA) is 67.8 Å². The van der Waals surface area contributed by atoms with E-state index in [1.165, 1.54) is 10.8 Å². The molecule has 0 unspecified atom stereocenters. The number of aromatic nitrogens is 2. The zero-order valence-electron chi connectivity index (χ0n) is 13.8. The molecule has 1 heterocycles. The van der Waals surface area contributed by atoms with E-state index >= 15 is 0 Å². The van der Waals surface area contributed by atoms with E-state index in [9.17, 15) is 9.59 Å². The van der Waals surface area contributed by atoms with Crippen molar-refractivity contribution in [2.75, 3.05) is 0 Å². The van der Waals surface area contributed by atoms with Crippen molar-refractivity contribution in [3.05, 3.63) is 92.8 Å². The third kappa shape index (κ3) is 3.29. The maximum atomic E-state index is 12.4. The monoisotopic (exact) mass is 331 g/mol. The molecular formula is C20H17N3O2. The summed E-state index contributed by atoms with van der Waals surface area (Å²) in [6, 6.07) is 19.5. The summed E-state index contributed by atoms with van der Waals surface area (Å²) < 4.78 is 2.48. The van der Waals surface area contributed by atoms with Crippen molar-refractivity contribution < 1.29 is 0 Å². The predicted molar refractivity (Wildman–Crippen MR) is 96.3 cm³/mol. The van der Waals surface area contributed by atoms with Crippen LogP contribution in [0.5, 0.6) is 0 Å². The van der Waals surface area contributed by atoms with Gasteiger partial charge in [-0.3, -0.25) is 13.9 Å². The first kappa shape index (κ1) is 16.5. The van der Waals surface area contributed by atoms with Crippen molar-refractivity contribution in [3.63, 3.8) is 0 Å². The van der Waals surface area contributed by atoms with Crippen LogP contribution in [-0.4, -0.2) is 9.13 Å². The minimum Gasteiger partial charge on any atom is -0.299 e. The van der Waals surface area contributed by atoms with Crippen LogP contribution in [0.3, 0.4) is 0 Å². The lowest BCUT2D eigenvalue weighted by atomic mass is 10.0. The van der Waals surface area contributed by atoms with E-state index in [0.29, 0.717) is 6.54 Å². The third-order valence-electron chi connectivity index (χ3n) is 4.10. The fourth-order valence-electron chi connectivity index (χ4n) is 2.71. The van der Waals surface area contributed by atoms with E-state index in [1.54, 1.807) is 6.92 Å². The average Bonchev–Trinajstić information content (AvgIpc) is 2.66. The van der Waals surface area contributed by atoms with Crippen LogP contribution in [0.25, 0.3) is 11.1 Å². The van der Waals surface area contributed by atoms with Crippen molar-refractivity contribution in [2.45, 2.75) is 20.0 Å². The second-order valence-electron chi connectivity index (χ2n) is 5.68. The number of rotatable bonds is 4. The van der Waals surface area contributed by atoms with Crippen LogP contribution in [0, 0.1) is 11.3 Å². The number of hydrogen-bond acceptors (Lipinski definition) is 3. The Morgan fingerprint density at radius 3 is 2.20 bits per heavy atom. The number of benzene rings is 2. The summed E-state index contributed by atoms with van der Waals surface area (Å²) in [6.07, 6.45) is 1.32. The first-order chi connectivity index (χ1) is 12.1. The second-order valence-corrected chi connectivity index (χ2v) is 5.68. The van der Waals surface area contributed by atoms with E-state index in [-0.39, 0.29) is 12.1 Å². The highest BCUT2D eigenvalue weighted by atomic mass is 16.2. The summed E-state index contributed by atoms with van der Waals surface area (Å²) >= 11 is 0. The van der Waals surface area contributed by atoms with Crippen molar-refractivity contribution in [2.24, 2.45) is 0 Å². The lowest BCUT2D eigenvalue weighted by Gasteiger charge is -2.10. The molecule has 0 spiro atoms. The lowest BCUT2D eigenvalue weighted by molar-refractivity contribution is 0.597. The molecule has 2 aromatic carbocycles. The summed E-state index contributed by atoms with van der Waals surface area (Å²) in [5.41, 5.74) is 2.02. The van der Waals surface area contributed by atoms with Gasteiger partial charge < -0.3 is 0 Å². The summed E-state index contributed by atoms with van der Waals surface area (Å²) in [6.45, 7) is 2.34. The fraction of sp³-hybridized carbons (Fsp3) is 0.150. The molecule has 0 aliphatic carbocycles. The molecule has 0 aliphatic heterocycles. The Bertz CT molecular complexity index is 1040. The minimum atomic E-state index is -0.552. The molecule has 0 radical (unpaired) electrons. The van der Waals surface area contributed by atoms with Gasteiger partial charge in [-0.15, -0.1) is 0 Å². The van der Waals surface area contributed by atoms with Crippen molar-refractivity contribution in [1.82, 2.24) is 9.13 Å². The minimum absolute atomic E-state index is 0.0256. The number of nitriles is 1. The van der Waals surface area contributed by atoms with Gasteiger partial charge in [-0.05, 0) is 23.6 Å². The summed E-state index contributed by atoms with van der Waals surface area (Å²) in [5, 5.41) is 9.10. The molecule has 0 aliphatic rings. The molecule has 0 atom stereocenters. The quantitative estimate of drug-likeness (QED) is 0.738. The Morgan fingerprint density at radius 1 is 0.960 bits per heavy atom. The van der Waals surface area contributed by atoms with Crippen LogP contribution in [0.15, 0.2) is 70.4 Å². The van der Waals surface area contributed by atoms with E-state index < -0.39 is 11.2 Å². The fourth-order valence-corrected chi connectivity index (χ4v) is 2.71. The van der Waals surface area contributed by atoms with Gasteiger partial charge in [0.15, 0.2) is 0 Å². The largest absolute Gasteiger partial charge is 0.331 e. The molecule has 0 amide bonds. The zero-order chi connectivity index (χ0) is 17.8.